The van der Waals surface area contributed by atoms with E-state index in [0.29, 0.717) is 23.1 Å². The van der Waals surface area contributed by atoms with Crippen LogP contribution in [0.1, 0.15) is 28.7 Å². The van der Waals surface area contributed by atoms with E-state index in [1.165, 1.54) is 11.9 Å². The monoisotopic (exact) mass is 335 g/mol. The number of nitrogens with one attached hydrogen (secondary N) is 1. The van der Waals surface area contributed by atoms with Gasteiger partial charge in [0.05, 0.1) is 0 Å². The van der Waals surface area contributed by atoms with Gasteiger partial charge < -0.3 is 14.7 Å². The largest absolute Gasteiger partial charge is 0.360 e. The zero-order chi connectivity index (χ0) is 17.4. The first-order chi connectivity index (χ1) is 12.1. The molecule has 0 fully saturated rings. The van der Waals surface area contributed by atoms with E-state index in [0.717, 1.165) is 12.1 Å². The van der Waals surface area contributed by atoms with Gasteiger partial charge in [-0.2, -0.15) is 0 Å². The molecule has 126 valence electrons. The summed E-state index contributed by atoms with van der Waals surface area (Å²) in [5, 5.41) is 6.88. The summed E-state index contributed by atoms with van der Waals surface area (Å²) >= 11 is 0. The summed E-state index contributed by atoms with van der Waals surface area (Å²) in [6.07, 6.45) is 2.21. The van der Waals surface area contributed by atoms with Crippen molar-refractivity contribution < 1.29 is 9.32 Å². The molecular formula is C18H17N5O2. The van der Waals surface area contributed by atoms with Crippen LogP contribution >= 0.6 is 0 Å². The Kier molecular flexibility index (Phi) is 3.68. The first-order valence-corrected chi connectivity index (χ1v) is 8.05. The minimum atomic E-state index is -0.140. The fraction of sp³-hybridized carbons (Fsp3) is 0.222. The predicted octanol–water partition coefficient (Wildman–Crippen LogP) is 3.11. The third-order valence-electron chi connectivity index (χ3n) is 4.20. The maximum Gasteiger partial charge on any atom is 0.277 e. The van der Waals surface area contributed by atoms with Gasteiger partial charge in [0.2, 0.25) is 0 Å². The van der Waals surface area contributed by atoms with Gasteiger partial charge in [-0.15, -0.1) is 0 Å². The lowest BCUT2D eigenvalue weighted by Gasteiger charge is -2.22. The summed E-state index contributed by atoms with van der Waals surface area (Å²) in [6, 6.07) is 11.4. The van der Waals surface area contributed by atoms with Gasteiger partial charge >= 0.3 is 0 Å². The van der Waals surface area contributed by atoms with Crippen LogP contribution in [0.4, 0.5) is 17.3 Å². The number of carbonyl (C=O) groups excluding carboxylic acids is 1. The second-order valence-corrected chi connectivity index (χ2v) is 6.09. The Hall–Kier alpha value is -3.22. The Morgan fingerprint density at radius 1 is 1.24 bits per heavy atom. The summed E-state index contributed by atoms with van der Waals surface area (Å²) in [5.41, 5.74) is 2.45. The van der Waals surface area contributed by atoms with Gasteiger partial charge in [-0.3, -0.25) is 4.79 Å². The van der Waals surface area contributed by atoms with E-state index in [-0.39, 0.29) is 11.9 Å². The highest BCUT2D eigenvalue weighted by molar-refractivity contribution is 6.06. The summed E-state index contributed by atoms with van der Waals surface area (Å²) in [4.78, 5) is 23.1. The highest BCUT2D eigenvalue weighted by Crippen LogP contribution is 2.33. The molecule has 1 amide bonds. The number of hydrogen-bond donors (Lipinski definition) is 1. The molecule has 0 bridgehead atoms. The van der Waals surface area contributed by atoms with Crippen LogP contribution in [-0.4, -0.2) is 27.1 Å². The lowest BCUT2D eigenvalue weighted by atomic mass is 10.1. The first kappa shape index (κ1) is 15.3. The molecule has 25 heavy (non-hydrogen) atoms. The van der Waals surface area contributed by atoms with Gasteiger partial charge in [0.15, 0.2) is 5.82 Å². The van der Waals surface area contributed by atoms with Gasteiger partial charge in [-0.1, -0.05) is 23.4 Å². The molecule has 7 nitrogen and oxygen atoms in total. The minimum absolute atomic E-state index is 0.0921. The van der Waals surface area contributed by atoms with Crippen molar-refractivity contribution in [1.82, 2.24) is 15.1 Å². The number of aryl methyl sites for hydroxylation is 1. The lowest BCUT2D eigenvalue weighted by molar-refractivity contribution is 0.0976. The van der Waals surface area contributed by atoms with E-state index in [2.05, 4.69) is 26.5 Å². The second-order valence-electron chi connectivity index (χ2n) is 6.09. The minimum Gasteiger partial charge on any atom is -0.360 e. The second kappa shape index (κ2) is 6.01. The lowest BCUT2D eigenvalue weighted by Crippen LogP contribution is -2.36. The van der Waals surface area contributed by atoms with Crippen LogP contribution in [0, 0.1) is 6.92 Å². The normalized spacial score (nSPS) is 15.9. The molecule has 1 aliphatic rings. The van der Waals surface area contributed by atoms with Gasteiger partial charge in [0.1, 0.15) is 23.6 Å². The standard InChI is InChI=1S/C18H17N5O2/c1-11-7-13-5-3-4-6-15(13)23(11)18(24)14-9-16(20-10-19-14)21-17-8-12(2)25-22-17/h3-6,8-11H,7H2,1-2H3,(H,19,20,21,22). The third-order valence-corrected chi connectivity index (χ3v) is 4.20. The molecule has 3 heterocycles. The van der Waals surface area contributed by atoms with Gasteiger partial charge in [0, 0.05) is 23.9 Å². The van der Waals surface area contributed by atoms with Crippen molar-refractivity contribution in [2.24, 2.45) is 0 Å². The summed E-state index contributed by atoms with van der Waals surface area (Å²) in [6.45, 7) is 3.84. The Labute approximate surface area is 144 Å². The first-order valence-electron chi connectivity index (χ1n) is 8.05. The number of amides is 1. The zero-order valence-electron chi connectivity index (χ0n) is 13.9. The number of anilines is 3. The Morgan fingerprint density at radius 2 is 2.08 bits per heavy atom. The summed E-state index contributed by atoms with van der Waals surface area (Å²) < 4.78 is 5.02. The Bertz CT molecular complexity index is 936. The maximum absolute atomic E-state index is 13.0. The Morgan fingerprint density at radius 3 is 2.88 bits per heavy atom. The molecule has 3 aromatic rings. The number of nitrogens with zero attached hydrogens (tertiary/aromatic N) is 4. The maximum atomic E-state index is 13.0. The van der Waals surface area contributed by atoms with Crippen molar-refractivity contribution in [3.63, 3.8) is 0 Å². The number of hydrogen-bond acceptors (Lipinski definition) is 6. The van der Waals surface area contributed by atoms with Crippen molar-refractivity contribution in [3.8, 4) is 0 Å². The summed E-state index contributed by atoms with van der Waals surface area (Å²) in [5.74, 6) is 1.58. The van der Waals surface area contributed by atoms with Crippen molar-refractivity contribution in [2.75, 3.05) is 10.2 Å². The van der Waals surface area contributed by atoms with Gasteiger partial charge in [-0.25, -0.2) is 9.97 Å². The molecule has 1 N–H and O–H groups in total. The fourth-order valence-corrected chi connectivity index (χ4v) is 3.10. The topological polar surface area (TPSA) is 84.2 Å². The van der Waals surface area contributed by atoms with Crippen LogP contribution in [0.3, 0.4) is 0 Å². The number of benzene rings is 1. The van der Waals surface area contributed by atoms with Crippen molar-refractivity contribution in [3.05, 3.63) is 59.7 Å². The van der Waals surface area contributed by atoms with E-state index in [1.807, 2.05) is 25.1 Å². The molecular weight excluding hydrogens is 318 g/mol. The van der Waals surface area contributed by atoms with Crippen molar-refractivity contribution >= 4 is 23.2 Å². The van der Waals surface area contributed by atoms with Crippen LogP contribution < -0.4 is 10.2 Å². The molecule has 4 rings (SSSR count). The van der Waals surface area contributed by atoms with E-state index >= 15 is 0 Å². The fourth-order valence-electron chi connectivity index (χ4n) is 3.10. The van der Waals surface area contributed by atoms with Crippen molar-refractivity contribution in [1.29, 1.82) is 0 Å². The van der Waals surface area contributed by atoms with Crippen molar-refractivity contribution in [2.45, 2.75) is 26.3 Å². The highest BCUT2D eigenvalue weighted by atomic mass is 16.5. The predicted molar refractivity (Wildman–Crippen MR) is 93.0 cm³/mol. The molecule has 0 aliphatic carbocycles. The van der Waals surface area contributed by atoms with Gasteiger partial charge in [-0.05, 0) is 31.9 Å². The van der Waals surface area contributed by atoms with Crippen LogP contribution in [0.2, 0.25) is 0 Å². The van der Waals surface area contributed by atoms with Crippen LogP contribution in [-0.2, 0) is 6.42 Å². The molecule has 0 spiro atoms. The molecule has 0 saturated heterocycles. The average Bonchev–Trinajstić information content (AvgIpc) is 3.16. The van der Waals surface area contributed by atoms with Crippen LogP contribution in [0.25, 0.3) is 0 Å². The van der Waals surface area contributed by atoms with Crippen LogP contribution in [0.15, 0.2) is 47.2 Å². The number of para-hydroxylation sites is 1. The van der Waals surface area contributed by atoms with E-state index in [4.69, 9.17) is 4.52 Å². The molecule has 7 heteroatoms. The molecule has 1 unspecified atom stereocenters. The summed E-state index contributed by atoms with van der Waals surface area (Å²) in [7, 11) is 0. The van der Waals surface area contributed by atoms with Crippen LogP contribution in [0.5, 0.6) is 0 Å². The molecule has 0 saturated carbocycles. The SMILES string of the molecule is Cc1cc(Nc2cc(C(=O)N3c4ccccc4CC3C)ncn2)no1. The number of rotatable bonds is 3. The van der Waals surface area contributed by atoms with Gasteiger partial charge in [0.25, 0.3) is 5.91 Å². The smallest absolute Gasteiger partial charge is 0.277 e. The average molecular weight is 335 g/mol. The molecule has 1 aromatic carbocycles. The number of fused-ring (bicyclic) bond motifs is 1. The molecule has 2 aromatic heterocycles. The molecule has 0 radical (unpaired) electrons. The highest BCUT2D eigenvalue weighted by Gasteiger charge is 2.32. The zero-order valence-corrected chi connectivity index (χ0v) is 13.9. The molecule has 1 atom stereocenters. The van der Waals surface area contributed by atoms with E-state index in [1.54, 1.807) is 24.0 Å². The molecule has 1 aliphatic heterocycles. The van der Waals surface area contributed by atoms with E-state index < -0.39 is 0 Å². The van der Waals surface area contributed by atoms with E-state index in [9.17, 15) is 4.79 Å². The third kappa shape index (κ3) is 2.84. The number of aromatic nitrogens is 3. The number of carbonyl (C=O) groups is 1. The quantitative estimate of drug-likeness (QED) is 0.792. The Balaban J connectivity index is 1.61.